The van der Waals surface area contributed by atoms with Crippen molar-refractivity contribution in [3.05, 3.63) is 200 Å². The summed E-state index contributed by atoms with van der Waals surface area (Å²) in [6.45, 7) is 0. The summed E-state index contributed by atoms with van der Waals surface area (Å²) in [4.78, 5) is 17.6. The number of benzene rings is 7. The molecule has 0 N–H and O–H groups in total. The maximum atomic E-state index is 5.09. The molecule has 264 valence electrons. The summed E-state index contributed by atoms with van der Waals surface area (Å²) in [6, 6.07) is 60.4. The van der Waals surface area contributed by atoms with Gasteiger partial charge in [0.15, 0.2) is 17.5 Å². The van der Waals surface area contributed by atoms with Gasteiger partial charge in [0.25, 0.3) is 0 Å². The molecule has 4 nitrogen and oxygen atoms in total. The number of rotatable bonds is 6. The number of hydrogen-bond acceptors (Lipinski definition) is 5. The van der Waals surface area contributed by atoms with E-state index in [1.807, 2.05) is 35.6 Å². The van der Waals surface area contributed by atoms with E-state index in [1.54, 1.807) is 0 Å². The van der Waals surface area contributed by atoms with E-state index in [4.69, 9.17) is 15.0 Å². The smallest absolute Gasteiger partial charge is 0.164 e. The molecule has 0 saturated carbocycles. The van der Waals surface area contributed by atoms with Crippen LogP contribution < -0.4 is 4.90 Å². The highest BCUT2D eigenvalue weighted by Gasteiger charge is 2.37. The van der Waals surface area contributed by atoms with Crippen molar-refractivity contribution in [2.24, 2.45) is 0 Å². The number of anilines is 2. The normalized spacial score (nSPS) is 15.7. The second kappa shape index (κ2) is 13.4. The third-order valence-corrected chi connectivity index (χ3v) is 12.3. The first-order chi connectivity index (χ1) is 27.7. The van der Waals surface area contributed by atoms with E-state index in [0.29, 0.717) is 17.5 Å². The summed E-state index contributed by atoms with van der Waals surface area (Å²) in [6.07, 6.45) is 9.03. The van der Waals surface area contributed by atoms with Gasteiger partial charge in [-0.25, -0.2) is 15.0 Å². The molecule has 0 spiro atoms. The van der Waals surface area contributed by atoms with Gasteiger partial charge in [-0.05, 0) is 70.3 Å². The van der Waals surface area contributed by atoms with Crippen molar-refractivity contribution in [1.29, 1.82) is 0 Å². The second-order valence-corrected chi connectivity index (χ2v) is 15.4. The van der Waals surface area contributed by atoms with Crippen LogP contribution >= 0.6 is 11.3 Å². The maximum absolute atomic E-state index is 5.09. The first kappa shape index (κ1) is 32.5. The zero-order valence-electron chi connectivity index (χ0n) is 30.3. The van der Waals surface area contributed by atoms with Gasteiger partial charge >= 0.3 is 0 Å². The average molecular weight is 735 g/mol. The lowest BCUT2D eigenvalue weighted by atomic mass is 9.90. The molecule has 1 aliphatic carbocycles. The molecule has 0 bridgehead atoms. The highest BCUT2D eigenvalue weighted by molar-refractivity contribution is 7.26. The van der Waals surface area contributed by atoms with Gasteiger partial charge in [-0.3, -0.25) is 0 Å². The third kappa shape index (κ3) is 5.55. The molecule has 0 fully saturated rings. The molecule has 3 heterocycles. The van der Waals surface area contributed by atoms with Crippen LogP contribution in [0.15, 0.2) is 194 Å². The molecule has 2 aliphatic rings. The van der Waals surface area contributed by atoms with Crippen LogP contribution in [0.5, 0.6) is 0 Å². The minimum atomic E-state index is 0.182. The van der Waals surface area contributed by atoms with E-state index < -0.39 is 0 Å². The zero-order valence-corrected chi connectivity index (χ0v) is 31.1. The van der Waals surface area contributed by atoms with Gasteiger partial charge in [-0.1, -0.05) is 152 Å². The summed E-state index contributed by atoms with van der Waals surface area (Å²) in [5, 5.41) is 2.64. The monoisotopic (exact) mass is 734 g/mol. The fraction of sp³-hybridized carbons (Fsp3) is 0.0392. The fourth-order valence-electron chi connectivity index (χ4n) is 8.37. The van der Waals surface area contributed by atoms with Crippen LogP contribution in [0.25, 0.3) is 76.6 Å². The Kier molecular flexibility index (Phi) is 7.78. The van der Waals surface area contributed by atoms with E-state index in [9.17, 15) is 0 Å². The van der Waals surface area contributed by atoms with Gasteiger partial charge in [0.1, 0.15) is 0 Å². The highest BCUT2D eigenvalue weighted by Crippen LogP contribution is 2.50. The van der Waals surface area contributed by atoms with Crippen LogP contribution in [0, 0.1) is 0 Å². The molecule has 2 atom stereocenters. The summed E-state index contributed by atoms with van der Waals surface area (Å²) >= 11 is 1.88. The zero-order chi connectivity index (χ0) is 37.0. The standard InChI is InChI=1S/C51H34N4S/c1-3-13-33(14-4-1)36-17-11-18-38(31-36)51-53-49(34-15-5-2-6-16-34)52-50(54-51)35-25-28-39(29-26-35)55-45-23-9-7-19-41(45)42-30-27-37(32-46(42)55)40-21-12-22-44-43-20-8-10-24-47(43)56-48(40)44/h1-32,41,45H. The predicted octanol–water partition coefficient (Wildman–Crippen LogP) is 13.3. The van der Waals surface area contributed by atoms with Crippen LogP contribution in [0.3, 0.4) is 0 Å². The minimum absolute atomic E-state index is 0.182. The molecule has 56 heavy (non-hydrogen) atoms. The van der Waals surface area contributed by atoms with E-state index in [0.717, 1.165) is 33.5 Å². The number of nitrogens with zero attached hydrogens (tertiary/aromatic N) is 4. The second-order valence-electron chi connectivity index (χ2n) is 14.4. The Morgan fingerprint density at radius 3 is 1.86 bits per heavy atom. The van der Waals surface area contributed by atoms with Gasteiger partial charge in [0.2, 0.25) is 0 Å². The average Bonchev–Trinajstić information content (AvgIpc) is 3.83. The Labute approximate surface area is 329 Å². The fourth-order valence-corrected chi connectivity index (χ4v) is 9.61. The molecule has 11 rings (SSSR count). The van der Waals surface area contributed by atoms with Crippen molar-refractivity contribution in [3.63, 3.8) is 0 Å². The SMILES string of the molecule is C1=CC2c3ccc(-c4cccc5c4sc4ccccc45)cc3N(c3ccc(-c4nc(-c5ccccc5)nc(-c5cccc(-c6ccccc6)c5)n4)cc3)C2C=C1. The van der Waals surface area contributed by atoms with Crippen LogP contribution in [0.2, 0.25) is 0 Å². The van der Waals surface area contributed by atoms with Gasteiger partial charge in [-0.2, -0.15) is 0 Å². The molecule has 5 heteroatoms. The van der Waals surface area contributed by atoms with E-state index in [1.165, 1.54) is 42.6 Å². The molecule has 0 saturated heterocycles. The molecular formula is C51H34N4S. The van der Waals surface area contributed by atoms with Crippen LogP contribution in [0.4, 0.5) is 11.4 Å². The van der Waals surface area contributed by atoms with Crippen molar-refractivity contribution < 1.29 is 0 Å². The number of fused-ring (bicyclic) bond motifs is 6. The van der Waals surface area contributed by atoms with Gasteiger partial charge in [-0.15, -0.1) is 11.3 Å². The van der Waals surface area contributed by atoms with Gasteiger partial charge in [0, 0.05) is 54.2 Å². The third-order valence-electron chi connectivity index (χ3n) is 11.1. The summed E-state index contributed by atoms with van der Waals surface area (Å²) < 4.78 is 2.65. The van der Waals surface area contributed by atoms with Crippen molar-refractivity contribution in [2.45, 2.75) is 12.0 Å². The Morgan fingerprint density at radius 1 is 0.446 bits per heavy atom. The summed E-state index contributed by atoms with van der Waals surface area (Å²) in [5.74, 6) is 2.21. The van der Waals surface area contributed by atoms with Crippen LogP contribution in [-0.2, 0) is 0 Å². The number of thiophene rings is 1. The maximum Gasteiger partial charge on any atom is 0.164 e. The van der Waals surface area contributed by atoms with Crippen molar-refractivity contribution in [3.8, 4) is 56.4 Å². The predicted molar refractivity (Wildman–Crippen MR) is 233 cm³/mol. The summed E-state index contributed by atoms with van der Waals surface area (Å²) in [5.41, 5.74) is 11.3. The summed E-state index contributed by atoms with van der Waals surface area (Å²) in [7, 11) is 0. The van der Waals surface area contributed by atoms with E-state index in [2.05, 4.69) is 175 Å². The largest absolute Gasteiger partial charge is 0.333 e. The van der Waals surface area contributed by atoms with Gasteiger partial charge < -0.3 is 4.90 Å². The van der Waals surface area contributed by atoms with Crippen molar-refractivity contribution >= 4 is 42.9 Å². The van der Waals surface area contributed by atoms with Crippen LogP contribution in [0.1, 0.15) is 11.5 Å². The number of allylic oxidation sites excluding steroid dienone is 2. The van der Waals surface area contributed by atoms with E-state index >= 15 is 0 Å². The Bertz CT molecular complexity index is 2980. The minimum Gasteiger partial charge on any atom is -0.333 e. The molecule has 1 aliphatic heterocycles. The lowest BCUT2D eigenvalue weighted by Gasteiger charge is -2.29. The number of hydrogen-bond donors (Lipinski definition) is 0. The lowest BCUT2D eigenvalue weighted by Crippen LogP contribution is -2.28. The molecule has 0 radical (unpaired) electrons. The van der Waals surface area contributed by atoms with Gasteiger partial charge in [0.05, 0.1) is 6.04 Å². The van der Waals surface area contributed by atoms with Crippen molar-refractivity contribution in [2.75, 3.05) is 4.90 Å². The van der Waals surface area contributed by atoms with E-state index in [-0.39, 0.29) is 12.0 Å². The molecule has 9 aromatic rings. The van der Waals surface area contributed by atoms with Crippen molar-refractivity contribution in [1.82, 2.24) is 15.0 Å². The molecule has 2 aromatic heterocycles. The molecular weight excluding hydrogens is 701 g/mol. The Balaban J connectivity index is 0.994. The number of aromatic nitrogens is 3. The molecule has 0 amide bonds. The topological polar surface area (TPSA) is 41.9 Å². The van der Waals surface area contributed by atoms with Crippen LogP contribution in [-0.4, -0.2) is 21.0 Å². The lowest BCUT2D eigenvalue weighted by molar-refractivity contribution is 0.745. The Hall–Kier alpha value is -6.95. The Morgan fingerprint density at radius 2 is 1.05 bits per heavy atom. The molecule has 2 unspecified atom stereocenters. The first-order valence-electron chi connectivity index (χ1n) is 19.0. The molecule has 7 aromatic carbocycles. The highest BCUT2D eigenvalue weighted by atomic mass is 32.1. The first-order valence-corrected chi connectivity index (χ1v) is 19.8. The quantitative estimate of drug-likeness (QED) is 0.171.